The molecular weight excluding hydrogens is 420 g/mol. The molecule has 170 valence electrons. The predicted molar refractivity (Wildman–Crippen MR) is 142 cm³/mol. The lowest BCUT2D eigenvalue weighted by Crippen LogP contribution is -2.34. The summed E-state index contributed by atoms with van der Waals surface area (Å²) in [6.07, 6.45) is 2.50. The highest BCUT2D eigenvalue weighted by Gasteiger charge is 2.41. The fourth-order valence-corrected chi connectivity index (χ4v) is 6.97. The van der Waals surface area contributed by atoms with Crippen LogP contribution in [0.3, 0.4) is 0 Å². The first-order chi connectivity index (χ1) is 15.7. The fourth-order valence-electron chi connectivity index (χ4n) is 5.82. The highest BCUT2D eigenvalue weighted by Crippen LogP contribution is 2.58. The molecule has 3 aromatic carbocycles. The number of para-hydroxylation sites is 1. The van der Waals surface area contributed by atoms with Crippen LogP contribution >= 0.6 is 11.8 Å². The molecule has 3 aromatic rings. The molecule has 2 aliphatic heterocycles. The van der Waals surface area contributed by atoms with E-state index in [4.69, 9.17) is 0 Å². The molecule has 3 heteroatoms. The van der Waals surface area contributed by atoms with Crippen LogP contribution in [0, 0.1) is 0 Å². The summed E-state index contributed by atoms with van der Waals surface area (Å²) in [6.45, 7) is 15.1. The zero-order chi connectivity index (χ0) is 23.1. The Morgan fingerprint density at radius 1 is 0.758 bits per heavy atom. The minimum absolute atomic E-state index is 0.219. The highest BCUT2D eigenvalue weighted by molar-refractivity contribution is 7.99. The molecule has 33 heavy (non-hydrogen) atoms. The SMILES string of the molecule is CC(C)c1ccc(N2CN3c4cc5c(cc4Sc4cccc2c43)C(C)(C)CCC5(C)C)cc1. The van der Waals surface area contributed by atoms with Crippen molar-refractivity contribution in [1.29, 1.82) is 0 Å². The van der Waals surface area contributed by atoms with E-state index in [0.29, 0.717) is 5.92 Å². The topological polar surface area (TPSA) is 6.48 Å². The highest BCUT2D eigenvalue weighted by atomic mass is 32.2. The van der Waals surface area contributed by atoms with Crippen molar-refractivity contribution >= 4 is 34.5 Å². The van der Waals surface area contributed by atoms with Gasteiger partial charge in [0.25, 0.3) is 0 Å². The van der Waals surface area contributed by atoms with Crippen LogP contribution in [0.4, 0.5) is 22.7 Å². The summed E-state index contributed by atoms with van der Waals surface area (Å²) in [4.78, 5) is 7.81. The Labute approximate surface area is 203 Å². The molecule has 0 radical (unpaired) electrons. The molecule has 6 rings (SSSR count). The van der Waals surface area contributed by atoms with E-state index < -0.39 is 0 Å². The van der Waals surface area contributed by atoms with E-state index in [9.17, 15) is 0 Å². The maximum Gasteiger partial charge on any atom is 0.100 e. The molecule has 0 atom stereocenters. The Bertz CT molecular complexity index is 1250. The normalized spacial score (nSPS) is 19.4. The first-order valence-electron chi connectivity index (χ1n) is 12.3. The Hall–Kier alpha value is -2.39. The fraction of sp³-hybridized carbons (Fsp3) is 0.400. The second kappa shape index (κ2) is 7.06. The van der Waals surface area contributed by atoms with Crippen LogP contribution in [0.15, 0.2) is 64.4 Å². The molecule has 3 aliphatic rings. The summed E-state index contributed by atoms with van der Waals surface area (Å²) in [5.41, 5.74) is 10.3. The molecule has 0 unspecified atom stereocenters. The molecule has 0 aromatic heterocycles. The molecule has 1 aliphatic carbocycles. The van der Waals surface area contributed by atoms with Crippen LogP contribution in [-0.4, -0.2) is 6.67 Å². The van der Waals surface area contributed by atoms with E-state index in [2.05, 4.69) is 106 Å². The summed E-state index contributed by atoms with van der Waals surface area (Å²) in [7, 11) is 0. The van der Waals surface area contributed by atoms with Crippen molar-refractivity contribution in [2.24, 2.45) is 0 Å². The Morgan fingerprint density at radius 3 is 2.09 bits per heavy atom. The number of nitrogens with zero attached hydrogens (tertiary/aromatic N) is 2. The standard InChI is InChI=1S/C30H34N2S/c1-19(2)20-10-12-21(13-11-20)31-18-32-25-16-22-23(30(5,6)15-14-29(22,3)4)17-27(25)33-26-9-7-8-24(31)28(26)32/h7-13,16-17,19H,14-15,18H2,1-6H3. The molecule has 0 amide bonds. The van der Waals surface area contributed by atoms with Crippen LogP contribution in [0.25, 0.3) is 0 Å². The monoisotopic (exact) mass is 454 g/mol. The summed E-state index contributed by atoms with van der Waals surface area (Å²) in [5, 5.41) is 0. The summed E-state index contributed by atoms with van der Waals surface area (Å²) >= 11 is 1.95. The summed E-state index contributed by atoms with van der Waals surface area (Å²) in [6, 6.07) is 21.0. The van der Waals surface area contributed by atoms with Gasteiger partial charge in [0.1, 0.15) is 6.67 Å². The molecule has 2 nitrogen and oxygen atoms in total. The third kappa shape index (κ3) is 3.15. The number of anilines is 4. The van der Waals surface area contributed by atoms with Gasteiger partial charge in [-0.25, -0.2) is 0 Å². The number of hydrogen-bond donors (Lipinski definition) is 0. The smallest absolute Gasteiger partial charge is 0.100 e. The van der Waals surface area contributed by atoms with Crippen LogP contribution in [-0.2, 0) is 10.8 Å². The summed E-state index contributed by atoms with van der Waals surface area (Å²) in [5.74, 6) is 0.553. The third-order valence-electron chi connectivity index (χ3n) is 8.14. The lowest BCUT2D eigenvalue weighted by Gasteiger charge is -2.43. The van der Waals surface area contributed by atoms with Crippen molar-refractivity contribution in [3.63, 3.8) is 0 Å². The van der Waals surface area contributed by atoms with Crippen molar-refractivity contribution in [3.05, 3.63) is 71.3 Å². The number of rotatable bonds is 2. The largest absolute Gasteiger partial charge is 0.321 e. The zero-order valence-electron chi connectivity index (χ0n) is 20.7. The van der Waals surface area contributed by atoms with Crippen molar-refractivity contribution < 1.29 is 0 Å². The van der Waals surface area contributed by atoms with Gasteiger partial charge in [0.2, 0.25) is 0 Å². The molecule has 0 spiro atoms. The third-order valence-corrected chi connectivity index (χ3v) is 9.23. The maximum absolute atomic E-state index is 2.56. The van der Waals surface area contributed by atoms with Gasteiger partial charge in [0.15, 0.2) is 0 Å². The maximum atomic E-state index is 2.56. The van der Waals surface area contributed by atoms with Crippen LogP contribution < -0.4 is 9.80 Å². The van der Waals surface area contributed by atoms with Gasteiger partial charge in [-0.2, -0.15) is 0 Å². The molecule has 0 N–H and O–H groups in total. The van der Waals surface area contributed by atoms with Crippen molar-refractivity contribution in [3.8, 4) is 0 Å². The van der Waals surface area contributed by atoms with Crippen molar-refractivity contribution in [2.45, 2.75) is 80.9 Å². The molecule has 0 bridgehead atoms. The molecule has 0 fully saturated rings. The molecule has 2 heterocycles. The Morgan fingerprint density at radius 2 is 1.42 bits per heavy atom. The number of fused-ring (bicyclic) bond motifs is 3. The van der Waals surface area contributed by atoms with Crippen LogP contribution in [0.5, 0.6) is 0 Å². The predicted octanol–water partition coefficient (Wildman–Crippen LogP) is 8.87. The second-order valence-corrected chi connectivity index (χ2v) is 12.7. The minimum atomic E-state index is 0.219. The average Bonchev–Trinajstić information content (AvgIpc) is 3.18. The van der Waals surface area contributed by atoms with E-state index in [1.165, 1.54) is 50.9 Å². The number of benzene rings is 3. The lowest BCUT2D eigenvalue weighted by atomic mass is 9.63. The van der Waals surface area contributed by atoms with Gasteiger partial charge in [-0.3, -0.25) is 0 Å². The van der Waals surface area contributed by atoms with E-state index in [1.54, 1.807) is 11.1 Å². The Balaban J connectivity index is 1.48. The van der Waals surface area contributed by atoms with E-state index in [1.807, 2.05) is 11.8 Å². The van der Waals surface area contributed by atoms with E-state index in [0.717, 1.165) is 6.67 Å². The van der Waals surface area contributed by atoms with Crippen molar-refractivity contribution in [1.82, 2.24) is 0 Å². The molecule has 0 saturated heterocycles. The van der Waals surface area contributed by atoms with Gasteiger partial charge >= 0.3 is 0 Å². The van der Waals surface area contributed by atoms with Crippen LogP contribution in [0.1, 0.15) is 77.0 Å². The van der Waals surface area contributed by atoms with Gasteiger partial charge < -0.3 is 9.80 Å². The average molecular weight is 455 g/mol. The van der Waals surface area contributed by atoms with Gasteiger partial charge in [-0.15, -0.1) is 0 Å². The summed E-state index contributed by atoms with van der Waals surface area (Å²) < 4.78 is 0. The van der Waals surface area contributed by atoms with Gasteiger partial charge in [-0.1, -0.05) is 71.5 Å². The molecular formula is C30H34N2S. The zero-order valence-corrected chi connectivity index (χ0v) is 21.5. The minimum Gasteiger partial charge on any atom is -0.321 e. The van der Waals surface area contributed by atoms with Gasteiger partial charge in [0, 0.05) is 15.5 Å². The van der Waals surface area contributed by atoms with E-state index >= 15 is 0 Å². The lowest BCUT2D eigenvalue weighted by molar-refractivity contribution is 0.331. The first kappa shape index (κ1) is 21.2. The second-order valence-electron chi connectivity index (χ2n) is 11.6. The first-order valence-corrected chi connectivity index (χ1v) is 13.1. The number of hydrogen-bond acceptors (Lipinski definition) is 3. The van der Waals surface area contributed by atoms with Crippen molar-refractivity contribution in [2.75, 3.05) is 16.5 Å². The van der Waals surface area contributed by atoms with Gasteiger partial charge in [-0.05, 0) is 82.7 Å². The molecule has 0 saturated carbocycles. The quantitative estimate of drug-likeness (QED) is 0.382. The van der Waals surface area contributed by atoms with Crippen LogP contribution in [0.2, 0.25) is 0 Å². The Kier molecular flexibility index (Phi) is 4.52. The van der Waals surface area contributed by atoms with E-state index in [-0.39, 0.29) is 10.8 Å². The van der Waals surface area contributed by atoms with Gasteiger partial charge in [0.05, 0.1) is 17.1 Å².